The highest BCUT2D eigenvalue weighted by Gasteiger charge is 2.36. The van der Waals surface area contributed by atoms with Crippen molar-refractivity contribution in [1.82, 2.24) is 9.58 Å². The lowest BCUT2D eigenvalue weighted by Crippen LogP contribution is -2.35. The van der Waals surface area contributed by atoms with Crippen LogP contribution in [0.4, 0.5) is 0 Å². The largest absolute Gasteiger partial charge is 0.318 e. The molecule has 6 nitrogen and oxygen atoms in total. The number of aliphatic imine (C=N–C) groups is 1. The third kappa shape index (κ3) is 3.64. The Morgan fingerprint density at radius 3 is 2.55 bits per heavy atom. The van der Waals surface area contributed by atoms with Gasteiger partial charge in [0.2, 0.25) is 5.17 Å². The normalized spacial score (nSPS) is 16.8. The van der Waals surface area contributed by atoms with Crippen LogP contribution in [0.2, 0.25) is 0 Å². The van der Waals surface area contributed by atoms with Gasteiger partial charge in [-0.25, -0.2) is 0 Å². The zero-order valence-electron chi connectivity index (χ0n) is 18.7. The average molecular weight is 454 g/mol. The molecule has 0 fully saturated rings. The monoisotopic (exact) mass is 453 g/mol. The molecule has 33 heavy (non-hydrogen) atoms. The predicted octanol–water partition coefficient (Wildman–Crippen LogP) is 5.32. The lowest BCUT2D eigenvalue weighted by molar-refractivity contribution is -0.114. The van der Waals surface area contributed by atoms with E-state index >= 15 is 0 Å². The Morgan fingerprint density at radius 2 is 1.79 bits per heavy atom. The summed E-state index contributed by atoms with van der Waals surface area (Å²) in [5.41, 5.74) is 6.54. The first kappa shape index (κ1) is 21.2. The van der Waals surface area contributed by atoms with Crippen LogP contribution in [0.25, 0.3) is 11.8 Å². The maximum atomic E-state index is 12.9. The minimum Gasteiger partial charge on any atom is -0.318 e. The number of hydrogen-bond acceptors (Lipinski definition) is 4. The minimum absolute atomic E-state index is 0.0437. The Kier molecular flexibility index (Phi) is 5.34. The molecule has 3 heterocycles. The summed E-state index contributed by atoms with van der Waals surface area (Å²) in [5, 5.41) is 15.9. The summed E-state index contributed by atoms with van der Waals surface area (Å²) in [7, 11) is 0. The number of aromatic nitrogens is 1. The number of hydrazone groups is 1. The fraction of sp³-hybridized carbons (Fsp3) is 0.154. The van der Waals surface area contributed by atoms with Crippen LogP contribution < -0.4 is 0 Å². The first-order valence-corrected chi connectivity index (χ1v) is 11.6. The van der Waals surface area contributed by atoms with Gasteiger partial charge in [0.1, 0.15) is 5.04 Å². The molecule has 0 saturated heterocycles. The molecule has 0 spiro atoms. The third-order valence-corrected chi connectivity index (χ3v) is 6.82. The molecule has 164 valence electrons. The van der Waals surface area contributed by atoms with E-state index in [2.05, 4.69) is 46.7 Å². The van der Waals surface area contributed by atoms with Gasteiger partial charge in [-0.05, 0) is 61.4 Å². The smallest absolute Gasteiger partial charge is 0.283 e. The molecule has 7 heteroatoms. The van der Waals surface area contributed by atoms with E-state index in [1.165, 1.54) is 22.3 Å². The topological polar surface area (TPSA) is 73.8 Å². The number of carbonyl (C=O) groups excluding carboxylic acids is 1. The summed E-state index contributed by atoms with van der Waals surface area (Å²) < 4.78 is 2.20. The molecule has 0 bridgehead atoms. The molecule has 2 aliphatic rings. The van der Waals surface area contributed by atoms with Crippen LogP contribution in [-0.4, -0.2) is 31.5 Å². The van der Waals surface area contributed by atoms with E-state index in [-0.39, 0.29) is 11.4 Å². The number of fused-ring (bicyclic) bond motifs is 1. The van der Waals surface area contributed by atoms with Gasteiger partial charge in [0, 0.05) is 22.6 Å². The molecule has 0 radical (unpaired) electrons. The Balaban J connectivity index is 1.53. The Labute approximate surface area is 196 Å². The van der Waals surface area contributed by atoms with Crippen LogP contribution in [0.15, 0.2) is 76.3 Å². The number of thioether (sulfide) groups is 1. The van der Waals surface area contributed by atoms with Gasteiger partial charge in [-0.2, -0.15) is 15.1 Å². The lowest BCUT2D eigenvalue weighted by Gasteiger charge is -2.20. The number of amides is 1. The quantitative estimate of drug-likeness (QED) is 0.543. The Bertz CT molecular complexity index is 1380. The van der Waals surface area contributed by atoms with E-state index < -0.39 is 5.91 Å². The van der Waals surface area contributed by atoms with Crippen LogP contribution in [0.3, 0.4) is 0 Å². The van der Waals surface area contributed by atoms with Crippen molar-refractivity contribution in [1.29, 1.82) is 5.41 Å². The fourth-order valence-corrected chi connectivity index (χ4v) is 5.07. The highest BCUT2D eigenvalue weighted by molar-refractivity contribution is 8.27. The first-order chi connectivity index (χ1) is 16.0. The zero-order valence-corrected chi connectivity index (χ0v) is 19.5. The van der Waals surface area contributed by atoms with E-state index in [1.54, 1.807) is 6.08 Å². The Morgan fingerprint density at radius 1 is 1.06 bits per heavy atom. The molecule has 1 amide bonds. The second-order valence-electron chi connectivity index (χ2n) is 7.94. The van der Waals surface area contributed by atoms with Crippen molar-refractivity contribution < 1.29 is 4.79 Å². The van der Waals surface area contributed by atoms with Crippen molar-refractivity contribution in [3.8, 4) is 5.69 Å². The average Bonchev–Trinajstić information content (AvgIpc) is 3.37. The molecule has 0 aliphatic carbocycles. The van der Waals surface area contributed by atoms with Gasteiger partial charge < -0.3 is 4.57 Å². The Hall–Kier alpha value is -3.71. The summed E-state index contributed by atoms with van der Waals surface area (Å²) in [6.45, 7) is 6.24. The van der Waals surface area contributed by atoms with E-state index in [0.29, 0.717) is 5.17 Å². The maximum absolute atomic E-state index is 12.9. The highest BCUT2D eigenvalue weighted by atomic mass is 32.2. The first-order valence-electron chi connectivity index (χ1n) is 10.8. The second kappa shape index (κ2) is 8.33. The van der Waals surface area contributed by atoms with Gasteiger partial charge in [0.05, 0.1) is 5.57 Å². The minimum atomic E-state index is -0.415. The lowest BCUT2D eigenvalue weighted by atomic mass is 10.1. The summed E-state index contributed by atoms with van der Waals surface area (Å²) in [5.74, 6) is -0.371. The summed E-state index contributed by atoms with van der Waals surface area (Å²) in [6, 6.07) is 20.1. The number of aryl methyl sites for hydroxylation is 2. The van der Waals surface area contributed by atoms with Crippen molar-refractivity contribution in [3.05, 3.63) is 94.3 Å². The van der Waals surface area contributed by atoms with E-state index in [0.717, 1.165) is 39.7 Å². The van der Waals surface area contributed by atoms with Crippen molar-refractivity contribution in [2.24, 2.45) is 10.1 Å². The van der Waals surface area contributed by atoms with Gasteiger partial charge in [0.25, 0.3) is 5.91 Å². The molecular formula is C26H23N5OS. The zero-order chi connectivity index (χ0) is 23.1. The SMILES string of the molecule is CCc1ccccc1-n1c(C)cc(/C=C2/C(=N)N3N=C(c4ccccc4)SC3=NC2=O)c1C. The number of nitrogens with one attached hydrogen (secondary N) is 1. The summed E-state index contributed by atoms with van der Waals surface area (Å²) in [6.07, 6.45) is 2.69. The van der Waals surface area contributed by atoms with Crippen LogP contribution in [0, 0.1) is 19.3 Å². The van der Waals surface area contributed by atoms with Crippen molar-refractivity contribution in [2.75, 3.05) is 0 Å². The van der Waals surface area contributed by atoms with E-state index in [4.69, 9.17) is 5.41 Å². The molecule has 0 atom stereocenters. The van der Waals surface area contributed by atoms with Crippen molar-refractivity contribution in [2.45, 2.75) is 27.2 Å². The van der Waals surface area contributed by atoms with Gasteiger partial charge in [-0.15, -0.1) is 0 Å². The van der Waals surface area contributed by atoms with Crippen LogP contribution in [0.5, 0.6) is 0 Å². The molecule has 5 rings (SSSR count). The van der Waals surface area contributed by atoms with Crippen LogP contribution in [0.1, 0.15) is 35.0 Å². The van der Waals surface area contributed by atoms with E-state index in [9.17, 15) is 4.79 Å². The van der Waals surface area contributed by atoms with Crippen molar-refractivity contribution >= 4 is 39.8 Å². The van der Waals surface area contributed by atoms with Gasteiger partial charge in [-0.3, -0.25) is 10.2 Å². The van der Waals surface area contributed by atoms with Gasteiger partial charge in [-0.1, -0.05) is 55.5 Å². The number of para-hydroxylation sites is 1. The van der Waals surface area contributed by atoms with Gasteiger partial charge >= 0.3 is 0 Å². The summed E-state index contributed by atoms with van der Waals surface area (Å²) in [4.78, 5) is 17.1. The molecule has 3 aromatic rings. The summed E-state index contributed by atoms with van der Waals surface area (Å²) >= 11 is 1.31. The second-order valence-corrected chi connectivity index (χ2v) is 8.89. The third-order valence-electron chi connectivity index (χ3n) is 5.86. The molecule has 0 unspecified atom stereocenters. The predicted molar refractivity (Wildman–Crippen MR) is 135 cm³/mol. The molecular weight excluding hydrogens is 430 g/mol. The number of hydrogen-bond donors (Lipinski definition) is 1. The van der Waals surface area contributed by atoms with Crippen molar-refractivity contribution in [3.63, 3.8) is 0 Å². The molecule has 2 aromatic carbocycles. The number of rotatable bonds is 4. The molecule has 2 aliphatic heterocycles. The number of amidine groups is 2. The number of benzene rings is 2. The molecule has 1 aromatic heterocycles. The maximum Gasteiger partial charge on any atom is 0.283 e. The number of nitrogens with zero attached hydrogens (tertiary/aromatic N) is 4. The fourth-order valence-electron chi connectivity index (χ4n) is 4.18. The highest BCUT2D eigenvalue weighted by Crippen LogP contribution is 2.32. The van der Waals surface area contributed by atoms with Crippen LogP contribution >= 0.6 is 11.8 Å². The molecule has 0 saturated carbocycles. The molecule has 1 N–H and O–H groups in total. The van der Waals surface area contributed by atoms with E-state index in [1.807, 2.05) is 49.4 Å². The number of carbonyl (C=O) groups is 1. The standard InChI is InChI=1S/C26H23N5OS/c1-4-18-10-8-9-13-22(18)30-16(2)14-20(17(30)3)15-21-23(27)31-26(28-24(21)32)33-25(29-31)19-11-6-5-7-12-19/h5-15,27H,4H2,1-3H3/b21-15-,27-23?. The van der Waals surface area contributed by atoms with Crippen LogP contribution in [-0.2, 0) is 11.2 Å². The van der Waals surface area contributed by atoms with Gasteiger partial charge in [0.15, 0.2) is 5.84 Å².